The topological polar surface area (TPSA) is 77.0 Å². The van der Waals surface area contributed by atoms with Gasteiger partial charge in [0.2, 0.25) is 5.91 Å². The van der Waals surface area contributed by atoms with Gasteiger partial charge in [-0.2, -0.15) is 0 Å². The Kier molecular flexibility index (Phi) is 6.65. The molecule has 0 aliphatic rings. The fourth-order valence-electron chi connectivity index (χ4n) is 2.26. The normalized spacial score (nSPS) is 11.1. The minimum absolute atomic E-state index is 0.0982. The van der Waals surface area contributed by atoms with E-state index in [2.05, 4.69) is 25.0 Å². The van der Waals surface area contributed by atoms with Crippen LogP contribution in [0.25, 0.3) is 11.4 Å². The van der Waals surface area contributed by atoms with Crippen molar-refractivity contribution in [1.29, 1.82) is 0 Å². The number of thioether (sulfide) groups is 1. The molecule has 0 aliphatic carbocycles. The van der Waals surface area contributed by atoms with Crippen molar-refractivity contribution < 1.29 is 22.7 Å². The zero-order valence-electron chi connectivity index (χ0n) is 14.9. The summed E-state index contributed by atoms with van der Waals surface area (Å²) < 4.78 is 40.2. The van der Waals surface area contributed by atoms with Crippen molar-refractivity contribution in [2.24, 2.45) is 0 Å². The van der Waals surface area contributed by atoms with Gasteiger partial charge in [-0.25, -0.2) is 9.97 Å². The molecule has 1 aromatic carbocycles. The second kappa shape index (κ2) is 9.37. The minimum Gasteiger partial charge on any atom is -0.406 e. The molecule has 3 aromatic rings. The molecule has 2 aromatic heterocycles. The fourth-order valence-corrected chi connectivity index (χ4v) is 2.92. The predicted octanol–water partition coefficient (Wildman–Crippen LogP) is 3.85. The molecule has 0 atom stereocenters. The van der Waals surface area contributed by atoms with E-state index in [9.17, 15) is 18.0 Å². The Morgan fingerprint density at radius 2 is 1.79 bits per heavy atom. The van der Waals surface area contributed by atoms with Crippen LogP contribution >= 0.6 is 11.8 Å². The van der Waals surface area contributed by atoms with Crippen LogP contribution in [0.15, 0.2) is 66.1 Å². The third-order valence-corrected chi connectivity index (χ3v) is 4.40. The lowest BCUT2D eigenvalue weighted by Crippen LogP contribution is -2.24. The molecule has 0 spiro atoms. The van der Waals surface area contributed by atoms with E-state index in [4.69, 9.17) is 0 Å². The van der Waals surface area contributed by atoms with Gasteiger partial charge in [0.05, 0.1) is 17.1 Å². The average Bonchev–Trinajstić information content (AvgIpc) is 2.71. The molecule has 0 saturated carbocycles. The lowest BCUT2D eigenvalue weighted by molar-refractivity contribution is -0.274. The van der Waals surface area contributed by atoms with E-state index in [0.717, 1.165) is 0 Å². The minimum atomic E-state index is -4.73. The predicted molar refractivity (Wildman–Crippen MR) is 101 cm³/mol. The highest BCUT2D eigenvalue weighted by atomic mass is 32.2. The number of rotatable bonds is 7. The van der Waals surface area contributed by atoms with Crippen LogP contribution in [0.5, 0.6) is 5.75 Å². The lowest BCUT2D eigenvalue weighted by atomic mass is 10.2. The number of hydrogen-bond acceptors (Lipinski definition) is 6. The van der Waals surface area contributed by atoms with E-state index >= 15 is 0 Å². The van der Waals surface area contributed by atoms with Crippen molar-refractivity contribution in [1.82, 2.24) is 20.3 Å². The van der Waals surface area contributed by atoms with E-state index in [1.165, 1.54) is 36.0 Å². The Bertz CT molecular complexity index is 954. The number of hydrogen-bond donors (Lipinski definition) is 1. The molecule has 29 heavy (non-hydrogen) atoms. The van der Waals surface area contributed by atoms with Gasteiger partial charge in [0.15, 0.2) is 5.16 Å². The summed E-state index contributed by atoms with van der Waals surface area (Å²) in [7, 11) is 0. The van der Waals surface area contributed by atoms with Gasteiger partial charge >= 0.3 is 6.36 Å². The monoisotopic (exact) mass is 420 g/mol. The molecule has 0 unspecified atom stereocenters. The Morgan fingerprint density at radius 3 is 2.48 bits per heavy atom. The number of ether oxygens (including phenoxy) is 1. The fraction of sp³-hybridized carbons (Fsp3) is 0.158. The first-order valence-electron chi connectivity index (χ1n) is 8.38. The molecule has 6 nitrogen and oxygen atoms in total. The number of amides is 1. The van der Waals surface area contributed by atoms with Crippen LogP contribution in [0.3, 0.4) is 0 Å². The largest absolute Gasteiger partial charge is 0.573 e. The summed E-state index contributed by atoms with van der Waals surface area (Å²) in [6, 6.07) is 12.5. The molecule has 0 saturated heterocycles. The van der Waals surface area contributed by atoms with E-state index in [-0.39, 0.29) is 24.0 Å². The van der Waals surface area contributed by atoms with Crippen molar-refractivity contribution in [3.8, 4) is 17.1 Å². The van der Waals surface area contributed by atoms with Gasteiger partial charge in [0, 0.05) is 18.9 Å². The Morgan fingerprint density at radius 1 is 1.00 bits per heavy atom. The lowest BCUT2D eigenvalue weighted by Gasteiger charge is -2.09. The molecular formula is C19H15F3N4O2S. The molecule has 1 N–H and O–H groups in total. The summed E-state index contributed by atoms with van der Waals surface area (Å²) in [6.07, 6.45) is -1.47. The van der Waals surface area contributed by atoms with Gasteiger partial charge in [0.1, 0.15) is 5.75 Å². The molecule has 10 heteroatoms. The number of nitrogens with one attached hydrogen (secondary N) is 1. The van der Waals surface area contributed by atoms with Crippen LogP contribution in [0, 0.1) is 0 Å². The standard InChI is InChI=1S/C19H15F3N4O2S/c20-19(21,22)28-14-6-4-13(5-7-14)11-25-17(27)12-29-18-24-10-8-16(26-18)15-3-1-2-9-23-15/h1-10H,11-12H2,(H,25,27). The van der Waals surface area contributed by atoms with Gasteiger partial charge in [-0.1, -0.05) is 30.0 Å². The number of nitrogens with zero attached hydrogens (tertiary/aromatic N) is 3. The van der Waals surface area contributed by atoms with Crippen LogP contribution < -0.4 is 10.1 Å². The van der Waals surface area contributed by atoms with Gasteiger partial charge in [-0.3, -0.25) is 9.78 Å². The number of pyridine rings is 1. The molecule has 2 heterocycles. The maximum Gasteiger partial charge on any atom is 0.573 e. The second-order valence-electron chi connectivity index (χ2n) is 5.70. The van der Waals surface area contributed by atoms with Crippen molar-refractivity contribution >= 4 is 17.7 Å². The quantitative estimate of drug-likeness (QED) is 0.462. The first-order chi connectivity index (χ1) is 13.9. The highest BCUT2D eigenvalue weighted by Crippen LogP contribution is 2.23. The van der Waals surface area contributed by atoms with Gasteiger partial charge < -0.3 is 10.1 Å². The van der Waals surface area contributed by atoms with E-state index < -0.39 is 6.36 Å². The Balaban J connectivity index is 1.48. The van der Waals surface area contributed by atoms with Crippen molar-refractivity contribution in [3.63, 3.8) is 0 Å². The zero-order valence-corrected chi connectivity index (χ0v) is 15.7. The highest BCUT2D eigenvalue weighted by molar-refractivity contribution is 7.99. The van der Waals surface area contributed by atoms with Crippen molar-refractivity contribution in [3.05, 3.63) is 66.5 Å². The summed E-state index contributed by atoms with van der Waals surface area (Å²) in [5.74, 6) is -0.466. The van der Waals surface area contributed by atoms with Gasteiger partial charge in [0.25, 0.3) is 0 Å². The zero-order chi connectivity index (χ0) is 20.7. The van der Waals surface area contributed by atoms with Crippen LogP contribution in [0.4, 0.5) is 13.2 Å². The summed E-state index contributed by atoms with van der Waals surface area (Å²) in [5.41, 5.74) is 2.01. The third-order valence-electron chi connectivity index (χ3n) is 3.54. The maximum absolute atomic E-state index is 12.1. The number of benzene rings is 1. The SMILES string of the molecule is O=C(CSc1nccc(-c2ccccn2)n1)NCc1ccc(OC(F)(F)F)cc1. The molecule has 150 valence electrons. The third kappa shape index (κ3) is 6.75. The average molecular weight is 420 g/mol. The van der Waals surface area contributed by atoms with Crippen LogP contribution in [0.2, 0.25) is 0 Å². The molecule has 0 bridgehead atoms. The van der Waals surface area contributed by atoms with Gasteiger partial charge in [-0.15, -0.1) is 13.2 Å². The van der Waals surface area contributed by atoms with Crippen LogP contribution in [0.1, 0.15) is 5.56 Å². The van der Waals surface area contributed by atoms with E-state index in [0.29, 0.717) is 22.1 Å². The number of halogens is 3. The number of alkyl halides is 3. The molecule has 0 aliphatic heterocycles. The Labute approximate surface area is 168 Å². The molecule has 1 amide bonds. The first-order valence-corrected chi connectivity index (χ1v) is 9.36. The first kappa shape index (κ1) is 20.6. The summed E-state index contributed by atoms with van der Waals surface area (Å²) in [6.45, 7) is 0.181. The highest BCUT2D eigenvalue weighted by Gasteiger charge is 2.30. The van der Waals surface area contributed by atoms with E-state index in [1.54, 1.807) is 18.5 Å². The number of aromatic nitrogens is 3. The molecule has 0 fully saturated rings. The molecular weight excluding hydrogens is 405 g/mol. The van der Waals surface area contributed by atoms with Crippen molar-refractivity contribution in [2.75, 3.05) is 5.75 Å². The van der Waals surface area contributed by atoms with Crippen molar-refractivity contribution in [2.45, 2.75) is 18.1 Å². The molecule has 3 rings (SSSR count). The maximum atomic E-state index is 12.1. The number of carbonyl (C=O) groups is 1. The van der Waals surface area contributed by atoms with Crippen LogP contribution in [-0.4, -0.2) is 33.0 Å². The Hall–Kier alpha value is -3.14. The van der Waals surface area contributed by atoms with Gasteiger partial charge in [-0.05, 0) is 35.9 Å². The summed E-state index contributed by atoms with van der Waals surface area (Å²) in [4.78, 5) is 24.8. The summed E-state index contributed by atoms with van der Waals surface area (Å²) >= 11 is 1.17. The van der Waals surface area contributed by atoms with Crippen LogP contribution in [-0.2, 0) is 11.3 Å². The smallest absolute Gasteiger partial charge is 0.406 e. The number of carbonyl (C=O) groups excluding carboxylic acids is 1. The summed E-state index contributed by atoms with van der Waals surface area (Å²) in [5, 5.41) is 3.13. The molecule has 0 radical (unpaired) electrons. The van der Waals surface area contributed by atoms with E-state index in [1.807, 2.05) is 18.2 Å². The second-order valence-corrected chi connectivity index (χ2v) is 6.64.